The summed E-state index contributed by atoms with van der Waals surface area (Å²) in [5.41, 5.74) is 2.02. The zero-order valence-corrected chi connectivity index (χ0v) is 21.5. The van der Waals surface area contributed by atoms with Crippen LogP contribution in [0.25, 0.3) is 5.52 Å². The lowest BCUT2D eigenvalue weighted by Crippen LogP contribution is -2.58. The van der Waals surface area contributed by atoms with E-state index >= 15 is 0 Å². The van der Waals surface area contributed by atoms with Crippen LogP contribution < -0.4 is 15.1 Å². The van der Waals surface area contributed by atoms with Gasteiger partial charge < -0.3 is 20.0 Å². The molecule has 2 saturated heterocycles. The third kappa shape index (κ3) is 4.59. The molecule has 0 spiro atoms. The quantitative estimate of drug-likeness (QED) is 0.547. The predicted molar refractivity (Wildman–Crippen MR) is 141 cm³/mol. The van der Waals surface area contributed by atoms with Crippen molar-refractivity contribution in [2.24, 2.45) is 5.92 Å². The Balaban J connectivity index is 1.38. The SMILES string of the molecule is C=CC(=O)N1[C@H](C)CN(c2nccn3c(N4C[C@H](C)C[C@@H](Nc5ncc(C)cn5)C4)ncc23)C[C@@H]1C. The molecule has 2 fully saturated rings. The van der Waals surface area contributed by atoms with Crippen LogP contribution in [0.5, 0.6) is 0 Å². The van der Waals surface area contributed by atoms with Gasteiger partial charge in [0, 0.05) is 69.1 Å². The molecule has 2 aliphatic heterocycles. The molecule has 0 radical (unpaired) electrons. The molecular weight excluding hydrogens is 454 g/mol. The first kappa shape index (κ1) is 24.0. The highest BCUT2D eigenvalue weighted by Gasteiger charge is 2.34. The number of anilines is 3. The van der Waals surface area contributed by atoms with Gasteiger partial charge in [-0.05, 0) is 44.7 Å². The molecule has 5 heterocycles. The van der Waals surface area contributed by atoms with Gasteiger partial charge in [0.2, 0.25) is 17.8 Å². The Labute approximate surface area is 212 Å². The molecule has 2 aliphatic rings. The maximum Gasteiger partial charge on any atom is 0.246 e. The highest BCUT2D eigenvalue weighted by molar-refractivity contribution is 5.88. The zero-order chi connectivity index (χ0) is 25.4. The van der Waals surface area contributed by atoms with Crippen LogP contribution in [0.4, 0.5) is 17.7 Å². The smallest absolute Gasteiger partial charge is 0.246 e. The number of nitrogens with one attached hydrogen (secondary N) is 1. The van der Waals surface area contributed by atoms with E-state index in [0.29, 0.717) is 25.0 Å². The van der Waals surface area contributed by atoms with E-state index in [1.165, 1.54) is 6.08 Å². The molecule has 10 nitrogen and oxygen atoms in total. The number of aryl methyl sites for hydroxylation is 1. The number of carbonyl (C=O) groups excluding carboxylic acids is 1. The van der Waals surface area contributed by atoms with E-state index in [2.05, 4.69) is 56.8 Å². The van der Waals surface area contributed by atoms with Crippen molar-refractivity contribution >= 4 is 29.1 Å². The Kier molecular flexibility index (Phi) is 6.51. The van der Waals surface area contributed by atoms with Crippen LogP contribution in [0.15, 0.2) is 43.6 Å². The second-order valence-electron chi connectivity index (χ2n) is 10.3. The molecule has 0 unspecified atom stereocenters. The normalized spacial score (nSPS) is 24.7. The maximum atomic E-state index is 12.3. The largest absolute Gasteiger partial charge is 0.351 e. The number of hydrogen-bond acceptors (Lipinski definition) is 8. The fraction of sp³-hybridized carbons (Fsp3) is 0.500. The fourth-order valence-corrected chi connectivity index (χ4v) is 5.68. The lowest BCUT2D eigenvalue weighted by Gasteiger charge is -2.44. The van der Waals surface area contributed by atoms with Crippen molar-refractivity contribution in [2.75, 3.05) is 41.3 Å². The fourth-order valence-electron chi connectivity index (χ4n) is 5.68. The molecule has 1 N–H and O–H groups in total. The van der Waals surface area contributed by atoms with Crippen LogP contribution in [0.2, 0.25) is 0 Å². The Bertz CT molecular complexity index is 1230. The summed E-state index contributed by atoms with van der Waals surface area (Å²) < 4.78 is 2.14. The van der Waals surface area contributed by atoms with Crippen LogP contribution in [0.1, 0.15) is 32.8 Å². The standard InChI is InChI=1S/C26H35N9O/c1-6-23(36)35-19(4)14-32(15-20(35)5)24-22-12-30-26(34(22)8-7-27-24)33-13-17(2)9-21(16-33)31-25-28-10-18(3)11-29-25/h6-8,10-12,17,19-21H,1,9,13-16H2,2-5H3,(H,28,29,31)/t17-,19-,20+,21-/m1/s1. The topological polar surface area (TPSA) is 94.8 Å². The van der Waals surface area contributed by atoms with Crippen LogP contribution in [-0.4, -0.2) is 79.4 Å². The zero-order valence-electron chi connectivity index (χ0n) is 21.5. The molecular formula is C26H35N9O. The molecule has 5 rings (SSSR count). The summed E-state index contributed by atoms with van der Waals surface area (Å²) in [5.74, 6) is 2.95. The minimum atomic E-state index is -0.0223. The van der Waals surface area contributed by atoms with Gasteiger partial charge in [-0.3, -0.25) is 9.20 Å². The molecule has 0 saturated carbocycles. The summed E-state index contributed by atoms with van der Waals surface area (Å²) in [6.07, 6.45) is 11.9. The van der Waals surface area contributed by atoms with Gasteiger partial charge in [0.25, 0.3) is 0 Å². The van der Waals surface area contributed by atoms with E-state index in [0.717, 1.165) is 42.4 Å². The molecule has 4 atom stereocenters. The molecule has 10 heteroatoms. The second kappa shape index (κ2) is 9.75. The number of aromatic nitrogens is 5. The average Bonchev–Trinajstić information content (AvgIpc) is 3.29. The van der Waals surface area contributed by atoms with Gasteiger partial charge in [-0.15, -0.1) is 0 Å². The maximum absolute atomic E-state index is 12.3. The monoisotopic (exact) mass is 489 g/mol. The van der Waals surface area contributed by atoms with Crippen LogP contribution in [-0.2, 0) is 4.79 Å². The first-order chi connectivity index (χ1) is 17.3. The molecule has 3 aromatic rings. The van der Waals surface area contributed by atoms with Crippen LogP contribution >= 0.6 is 0 Å². The predicted octanol–water partition coefficient (Wildman–Crippen LogP) is 2.77. The van der Waals surface area contributed by atoms with Gasteiger partial charge >= 0.3 is 0 Å². The van der Waals surface area contributed by atoms with Crippen molar-refractivity contribution in [3.05, 3.63) is 49.2 Å². The number of imidazole rings is 1. The summed E-state index contributed by atoms with van der Waals surface area (Å²) in [6, 6.07) is 0.340. The molecule has 0 bridgehead atoms. The van der Waals surface area contributed by atoms with E-state index in [4.69, 9.17) is 9.97 Å². The highest BCUT2D eigenvalue weighted by Crippen LogP contribution is 2.29. The minimum absolute atomic E-state index is 0.0223. The van der Waals surface area contributed by atoms with Gasteiger partial charge in [-0.25, -0.2) is 19.9 Å². The van der Waals surface area contributed by atoms with E-state index in [1.807, 2.05) is 42.8 Å². The summed E-state index contributed by atoms with van der Waals surface area (Å²) in [6.45, 7) is 15.2. The average molecular weight is 490 g/mol. The summed E-state index contributed by atoms with van der Waals surface area (Å²) in [7, 11) is 0. The van der Waals surface area contributed by atoms with Crippen LogP contribution in [0.3, 0.4) is 0 Å². The number of fused-ring (bicyclic) bond motifs is 1. The molecule has 3 aromatic heterocycles. The van der Waals surface area contributed by atoms with E-state index in [9.17, 15) is 4.79 Å². The van der Waals surface area contributed by atoms with Crippen molar-refractivity contribution in [2.45, 2.75) is 52.2 Å². The number of hydrogen-bond donors (Lipinski definition) is 1. The van der Waals surface area contributed by atoms with Crippen molar-refractivity contribution < 1.29 is 4.79 Å². The van der Waals surface area contributed by atoms with E-state index in [1.54, 1.807) is 0 Å². The molecule has 1 amide bonds. The lowest BCUT2D eigenvalue weighted by atomic mass is 9.96. The summed E-state index contributed by atoms with van der Waals surface area (Å²) in [5, 5.41) is 3.51. The first-order valence-corrected chi connectivity index (χ1v) is 12.7. The lowest BCUT2D eigenvalue weighted by molar-refractivity contribution is -0.130. The van der Waals surface area contributed by atoms with Gasteiger partial charge in [0.05, 0.1) is 6.20 Å². The summed E-state index contributed by atoms with van der Waals surface area (Å²) >= 11 is 0. The minimum Gasteiger partial charge on any atom is -0.351 e. The van der Waals surface area contributed by atoms with Crippen molar-refractivity contribution in [1.29, 1.82) is 0 Å². The Hall–Kier alpha value is -3.69. The Morgan fingerprint density at radius 3 is 2.42 bits per heavy atom. The van der Waals surface area contributed by atoms with Crippen LogP contribution in [0, 0.1) is 12.8 Å². The second-order valence-corrected chi connectivity index (χ2v) is 10.3. The number of carbonyl (C=O) groups is 1. The number of rotatable bonds is 5. The van der Waals surface area contributed by atoms with E-state index < -0.39 is 0 Å². The van der Waals surface area contributed by atoms with Gasteiger partial charge in [-0.2, -0.15) is 0 Å². The number of amides is 1. The number of piperidine rings is 1. The Morgan fingerprint density at radius 2 is 1.72 bits per heavy atom. The van der Waals surface area contributed by atoms with Gasteiger partial charge in [0.1, 0.15) is 5.52 Å². The number of piperazine rings is 1. The molecule has 190 valence electrons. The summed E-state index contributed by atoms with van der Waals surface area (Å²) in [4.78, 5) is 37.3. The van der Waals surface area contributed by atoms with Gasteiger partial charge in [0.15, 0.2) is 5.82 Å². The number of nitrogens with zero attached hydrogens (tertiary/aromatic N) is 8. The van der Waals surface area contributed by atoms with Crippen molar-refractivity contribution in [3.63, 3.8) is 0 Å². The third-order valence-corrected chi connectivity index (χ3v) is 7.12. The van der Waals surface area contributed by atoms with Crippen molar-refractivity contribution in [1.82, 2.24) is 29.2 Å². The van der Waals surface area contributed by atoms with Crippen molar-refractivity contribution in [3.8, 4) is 0 Å². The Morgan fingerprint density at radius 1 is 1.00 bits per heavy atom. The molecule has 0 aliphatic carbocycles. The third-order valence-electron chi connectivity index (χ3n) is 7.12. The highest BCUT2D eigenvalue weighted by atomic mass is 16.2. The molecule has 36 heavy (non-hydrogen) atoms. The van der Waals surface area contributed by atoms with Gasteiger partial charge in [-0.1, -0.05) is 13.5 Å². The molecule has 0 aromatic carbocycles. The first-order valence-electron chi connectivity index (χ1n) is 12.7. The van der Waals surface area contributed by atoms with E-state index in [-0.39, 0.29) is 24.0 Å².